The molecule has 70 valence electrons. The quantitative estimate of drug-likeness (QED) is 0.686. The first-order valence-corrected chi connectivity index (χ1v) is 4.59. The van der Waals surface area contributed by atoms with Crippen LogP contribution in [0.15, 0.2) is 0 Å². The molecule has 0 aromatic carbocycles. The summed E-state index contributed by atoms with van der Waals surface area (Å²) in [4.78, 5) is 11.1. The third-order valence-corrected chi connectivity index (χ3v) is 2.05. The van der Waals surface area contributed by atoms with Gasteiger partial charge in [0.25, 0.3) is 0 Å². The molecule has 1 saturated heterocycles. The number of carbonyl (C=O) groups excluding carboxylic acids is 1. The Kier molecular flexibility index (Phi) is 3.53. The average molecular weight is 171 g/mol. The zero-order valence-electron chi connectivity index (χ0n) is 7.80. The molecule has 0 saturated carbocycles. The van der Waals surface area contributed by atoms with E-state index in [1.165, 1.54) is 0 Å². The van der Waals surface area contributed by atoms with Gasteiger partial charge in [-0.05, 0) is 12.8 Å². The summed E-state index contributed by atoms with van der Waals surface area (Å²) >= 11 is 0. The Morgan fingerprint density at radius 3 is 2.92 bits per heavy atom. The maximum Gasteiger partial charge on any atom is 0.222 e. The van der Waals surface area contributed by atoms with E-state index in [9.17, 15) is 4.79 Å². The van der Waals surface area contributed by atoms with Crippen molar-refractivity contribution < 1.29 is 9.53 Å². The number of ether oxygens (including phenoxy) is 1. The summed E-state index contributed by atoms with van der Waals surface area (Å²) in [6.07, 6.45) is 2.47. The van der Waals surface area contributed by atoms with Gasteiger partial charge in [-0.15, -0.1) is 0 Å². The second kappa shape index (κ2) is 4.45. The molecule has 0 aliphatic carbocycles. The predicted octanol–water partition coefficient (Wildman–Crippen LogP) is 0.938. The van der Waals surface area contributed by atoms with E-state index in [2.05, 4.69) is 5.32 Å². The summed E-state index contributed by atoms with van der Waals surface area (Å²) in [5, 5.41) is 2.86. The maximum absolute atomic E-state index is 11.1. The topological polar surface area (TPSA) is 38.3 Å². The molecular weight excluding hydrogens is 154 g/mol. The van der Waals surface area contributed by atoms with E-state index >= 15 is 0 Å². The molecule has 0 radical (unpaired) electrons. The van der Waals surface area contributed by atoms with Crippen molar-refractivity contribution in [1.29, 1.82) is 0 Å². The van der Waals surface area contributed by atoms with Gasteiger partial charge in [0, 0.05) is 19.1 Å². The molecule has 12 heavy (non-hydrogen) atoms. The van der Waals surface area contributed by atoms with Crippen LogP contribution in [0.5, 0.6) is 0 Å². The Bertz CT molecular complexity index is 151. The Morgan fingerprint density at radius 2 is 2.42 bits per heavy atom. The Morgan fingerprint density at radius 1 is 1.67 bits per heavy atom. The molecule has 1 aliphatic heterocycles. The van der Waals surface area contributed by atoms with Gasteiger partial charge in [0.1, 0.15) is 0 Å². The van der Waals surface area contributed by atoms with Crippen molar-refractivity contribution in [2.24, 2.45) is 5.92 Å². The normalized spacial score (nSPS) is 23.1. The van der Waals surface area contributed by atoms with Gasteiger partial charge in [-0.1, -0.05) is 13.8 Å². The van der Waals surface area contributed by atoms with Gasteiger partial charge in [-0.2, -0.15) is 0 Å². The van der Waals surface area contributed by atoms with Crippen LogP contribution in [0.3, 0.4) is 0 Å². The smallest absolute Gasteiger partial charge is 0.222 e. The molecule has 0 aromatic heterocycles. The molecule has 3 heteroatoms. The van der Waals surface area contributed by atoms with Gasteiger partial charge in [0.2, 0.25) is 5.91 Å². The monoisotopic (exact) mass is 171 g/mol. The first-order valence-electron chi connectivity index (χ1n) is 4.59. The second-order valence-electron chi connectivity index (χ2n) is 3.53. The lowest BCUT2D eigenvalue weighted by molar-refractivity contribution is -0.124. The number of hydrogen-bond acceptors (Lipinski definition) is 2. The zero-order chi connectivity index (χ0) is 8.97. The predicted molar refractivity (Wildman–Crippen MR) is 46.8 cm³/mol. The molecule has 1 fully saturated rings. The van der Waals surface area contributed by atoms with Crippen molar-refractivity contribution in [3.8, 4) is 0 Å². The van der Waals surface area contributed by atoms with E-state index in [4.69, 9.17) is 4.74 Å². The number of rotatable bonds is 3. The lowest BCUT2D eigenvalue weighted by Gasteiger charge is -2.11. The number of amides is 1. The fraction of sp³-hybridized carbons (Fsp3) is 0.889. The summed E-state index contributed by atoms with van der Waals surface area (Å²) in [6.45, 7) is 5.31. The molecule has 1 aliphatic rings. The van der Waals surface area contributed by atoms with Crippen LogP contribution in [0.4, 0.5) is 0 Å². The van der Waals surface area contributed by atoms with Gasteiger partial charge in [0.05, 0.1) is 6.10 Å². The summed E-state index contributed by atoms with van der Waals surface area (Å²) < 4.78 is 5.37. The van der Waals surface area contributed by atoms with E-state index in [1.807, 2.05) is 13.8 Å². The van der Waals surface area contributed by atoms with Crippen molar-refractivity contribution in [1.82, 2.24) is 5.32 Å². The van der Waals surface area contributed by atoms with Crippen LogP contribution in [0.2, 0.25) is 0 Å². The van der Waals surface area contributed by atoms with Crippen LogP contribution in [0, 0.1) is 5.92 Å². The summed E-state index contributed by atoms with van der Waals surface area (Å²) in [7, 11) is 0. The minimum Gasteiger partial charge on any atom is -0.376 e. The molecule has 0 spiro atoms. The van der Waals surface area contributed by atoms with Crippen molar-refractivity contribution in [2.45, 2.75) is 32.8 Å². The minimum absolute atomic E-state index is 0.0754. The van der Waals surface area contributed by atoms with E-state index < -0.39 is 0 Å². The molecule has 1 amide bonds. The summed E-state index contributed by atoms with van der Waals surface area (Å²) in [5.41, 5.74) is 0. The molecule has 0 aromatic rings. The third kappa shape index (κ3) is 2.81. The number of hydrogen-bond donors (Lipinski definition) is 1. The van der Waals surface area contributed by atoms with E-state index in [0.29, 0.717) is 6.54 Å². The molecule has 1 heterocycles. The van der Waals surface area contributed by atoms with Crippen LogP contribution in [0.1, 0.15) is 26.7 Å². The maximum atomic E-state index is 11.1. The van der Waals surface area contributed by atoms with Crippen molar-refractivity contribution in [3.63, 3.8) is 0 Å². The Labute approximate surface area is 73.5 Å². The second-order valence-corrected chi connectivity index (χ2v) is 3.53. The minimum atomic E-state index is 0.0754. The molecule has 1 N–H and O–H groups in total. The van der Waals surface area contributed by atoms with Gasteiger partial charge in [0.15, 0.2) is 0 Å². The van der Waals surface area contributed by atoms with Gasteiger partial charge in [-0.25, -0.2) is 0 Å². The third-order valence-electron chi connectivity index (χ3n) is 2.05. The molecule has 1 rings (SSSR count). The van der Waals surface area contributed by atoms with Crippen LogP contribution in [0.25, 0.3) is 0 Å². The van der Waals surface area contributed by atoms with E-state index in [-0.39, 0.29) is 17.9 Å². The molecule has 0 bridgehead atoms. The Balaban J connectivity index is 2.12. The zero-order valence-corrected chi connectivity index (χ0v) is 7.80. The summed E-state index contributed by atoms with van der Waals surface area (Å²) in [6, 6.07) is 0. The van der Waals surface area contributed by atoms with Gasteiger partial charge >= 0.3 is 0 Å². The molecular formula is C9H17NO2. The van der Waals surface area contributed by atoms with Crippen LogP contribution in [-0.2, 0) is 9.53 Å². The summed E-state index contributed by atoms with van der Waals surface area (Å²) in [5.74, 6) is 0.192. The van der Waals surface area contributed by atoms with Crippen LogP contribution in [-0.4, -0.2) is 25.2 Å². The fourth-order valence-electron chi connectivity index (χ4n) is 1.22. The molecule has 3 nitrogen and oxygen atoms in total. The SMILES string of the molecule is CC(C)C(=O)NC[C@H]1CCCO1. The number of nitrogens with one attached hydrogen (secondary N) is 1. The van der Waals surface area contributed by atoms with Crippen molar-refractivity contribution in [2.75, 3.05) is 13.2 Å². The average Bonchev–Trinajstić information content (AvgIpc) is 2.51. The van der Waals surface area contributed by atoms with Gasteiger partial charge in [-0.3, -0.25) is 4.79 Å². The van der Waals surface area contributed by atoms with Crippen LogP contribution >= 0.6 is 0 Å². The highest BCUT2D eigenvalue weighted by Gasteiger charge is 2.16. The molecule has 0 unspecified atom stereocenters. The largest absolute Gasteiger partial charge is 0.376 e. The van der Waals surface area contributed by atoms with Crippen molar-refractivity contribution in [3.05, 3.63) is 0 Å². The van der Waals surface area contributed by atoms with E-state index in [1.54, 1.807) is 0 Å². The first kappa shape index (κ1) is 9.52. The highest BCUT2D eigenvalue weighted by molar-refractivity contribution is 5.77. The first-order chi connectivity index (χ1) is 5.70. The van der Waals surface area contributed by atoms with Crippen molar-refractivity contribution >= 4 is 5.91 Å². The Hall–Kier alpha value is -0.570. The number of carbonyl (C=O) groups is 1. The highest BCUT2D eigenvalue weighted by Crippen LogP contribution is 2.10. The highest BCUT2D eigenvalue weighted by atomic mass is 16.5. The van der Waals surface area contributed by atoms with Crippen LogP contribution < -0.4 is 5.32 Å². The standard InChI is InChI=1S/C9H17NO2/c1-7(2)9(11)10-6-8-4-3-5-12-8/h7-8H,3-6H2,1-2H3,(H,10,11)/t8-/m1/s1. The lowest BCUT2D eigenvalue weighted by atomic mass is 10.2. The van der Waals surface area contributed by atoms with Gasteiger partial charge < -0.3 is 10.1 Å². The molecule has 1 atom stereocenters. The lowest BCUT2D eigenvalue weighted by Crippen LogP contribution is -2.34. The fourth-order valence-corrected chi connectivity index (χ4v) is 1.22. The van der Waals surface area contributed by atoms with E-state index in [0.717, 1.165) is 19.4 Å².